The highest BCUT2D eigenvalue weighted by molar-refractivity contribution is 5.56. The average Bonchev–Trinajstić information content (AvgIpc) is 2.71. The molecule has 4 heteroatoms. The Labute approximate surface area is 102 Å². The Hall–Kier alpha value is -1.60. The van der Waals surface area contributed by atoms with Gasteiger partial charge in [0.1, 0.15) is 6.07 Å². The summed E-state index contributed by atoms with van der Waals surface area (Å²) in [6.45, 7) is 4.21. The summed E-state index contributed by atoms with van der Waals surface area (Å²) < 4.78 is 0. The quantitative estimate of drug-likeness (QED) is 0.769. The van der Waals surface area contributed by atoms with Gasteiger partial charge >= 0.3 is 0 Å². The van der Waals surface area contributed by atoms with Crippen molar-refractivity contribution in [3.8, 4) is 6.07 Å². The van der Waals surface area contributed by atoms with Crippen LogP contribution in [0.25, 0.3) is 0 Å². The van der Waals surface area contributed by atoms with Crippen LogP contribution in [0.15, 0.2) is 18.3 Å². The molecular formula is C13H18N4. The molecular weight excluding hydrogens is 212 g/mol. The van der Waals surface area contributed by atoms with Crippen molar-refractivity contribution in [2.75, 3.05) is 32.1 Å². The van der Waals surface area contributed by atoms with Gasteiger partial charge in [0.05, 0.1) is 5.69 Å². The monoisotopic (exact) mass is 230 g/mol. The molecule has 2 atom stereocenters. The van der Waals surface area contributed by atoms with Crippen molar-refractivity contribution in [1.29, 1.82) is 5.26 Å². The summed E-state index contributed by atoms with van der Waals surface area (Å²) in [7, 11) is 4.22. The van der Waals surface area contributed by atoms with Gasteiger partial charge in [-0.05, 0) is 32.1 Å². The number of hydrogen-bond acceptors (Lipinski definition) is 4. The third-order valence-electron chi connectivity index (χ3n) is 3.47. The summed E-state index contributed by atoms with van der Waals surface area (Å²) in [5, 5.41) is 9.07. The van der Waals surface area contributed by atoms with Crippen molar-refractivity contribution in [3.05, 3.63) is 24.0 Å². The van der Waals surface area contributed by atoms with Gasteiger partial charge in [-0.1, -0.05) is 6.92 Å². The molecule has 1 aliphatic rings. The van der Waals surface area contributed by atoms with Gasteiger partial charge < -0.3 is 9.80 Å². The van der Waals surface area contributed by atoms with Crippen molar-refractivity contribution in [3.63, 3.8) is 0 Å². The lowest BCUT2D eigenvalue weighted by Crippen LogP contribution is -2.34. The van der Waals surface area contributed by atoms with E-state index in [0.717, 1.165) is 18.8 Å². The molecule has 0 N–H and O–H groups in total. The summed E-state index contributed by atoms with van der Waals surface area (Å²) in [5.74, 6) is 0.608. The maximum atomic E-state index is 9.07. The highest BCUT2D eigenvalue weighted by atomic mass is 15.2. The SMILES string of the molecule is CC1CN(c2cccnc2C#N)CC1N(C)C. The third-order valence-corrected chi connectivity index (χ3v) is 3.47. The second-order valence-electron chi connectivity index (χ2n) is 4.90. The summed E-state index contributed by atoms with van der Waals surface area (Å²) in [6, 6.07) is 6.58. The molecule has 0 bridgehead atoms. The summed E-state index contributed by atoms with van der Waals surface area (Å²) >= 11 is 0. The van der Waals surface area contributed by atoms with Crippen LogP contribution in [0, 0.1) is 17.2 Å². The van der Waals surface area contributed by atoms with Gasteiger partial charge in [0.25, 0.3) is 0 Å². The zero-order valence-corrected chi connectivity index (χ0v) is 10.6. The second-order valence-corrected chi connectivity index (χ2v) is 4.90. The normalized spacial score (nSPS) is 24.1. The summed E-state index contributed by atoms with van der Waals surface area (Å²) in [4.78, 5) is 8.64. The first-order valence-corrected chi connectivity index (χ1v) is 5.90. The van der Waals surface area contributed by atoms with E-state index in [2.05, 4.69) is 41.9 Å². The van der Waals surface area contributed by atoms with Crippen molar-refractivity contribution in [2.24, 2.45) is 5.92 Å². The Morgan fingerprint density at radius 2 is 2.24 bits per heavy atom. The molecule has 2 unspecified atom stereocenters. The number of nitrogens with zero attached hydrogens (tertiary/aromatic N) is 4. The Morgan fingerprint density at radius 1 is 1.47 bits per heavy atom. The van der Waals surface area contributed by atoms with Gasteiger partial charge in [-0.3, -0.25) is 0 Å². The van der Waals surface area contributed by atoms with Crippen molar-refractivity contribution < 1.29 is 0 Å². The highest BCUT2D eigenvalue weighted by Crippen LogP contribution is 2.27. The number of pyridine rings is 1. The molecule has 90 valence electrons. The maximum absolute atomic E-state index is 9.07. The van der Waals surface area contributed by atoms with Gasteiger partial charge in [-0.2, -0.15) is 5.26 Å². The minimum atomic E-state index is 0.527. The molecule has 2 rings (SSSR count). The molecule has 1 fully saturated rings. The van der Waals surface area contributed by atoms with Crippen LogP contribution in [-0.2, 0) is 0 Å². The molecule has 0 amide bonds. The van der Waals surface area contributed by atoms with E-state index >= 15 is 0 Å². The fraction of sp³-hybridized carbons (Fsp3) is 0.538. The van der Waals surface area contributed by atoms with Gasteiger partial charge in [0.2, 0.25) is 0 Å². The standard InChI is InChI=1S/C13H18N4/c1-10-8-17(9-13(10)16(2)3)12-5-4-6-15-11(12)7-14/h4-6,10,13H,8-9H2,1-3H3. The molecule has 2 heterocycles. The van der Waals surface area contributed by atoms with Crippen LogP contribution in [0.3, 0.4) is 0 Å². The van der Waals surface area contributed by atoms with E-state index in [-0.39, 0.29) is 0 Å². The minimum Gasteiger partial charge on any atom is -0.367 e. The molecule has 0 aromatic carbocycles. The fourth-order valence-corrected chi connectivity index (χ4v) is 2.56. The van der Waals surface area contributed by atoms with Gasteiger partial charge in [-0.25, -0.2) is 4.98 Å². The first-order chi connectivity index (χ1) is 8.13. The van der Waals surface area contributed by atoms with Crippen LogP contribution in [-0.4, -0.2) is 43.1 Å². The lowest BCUT2D eigenvalue weighted by molar-refractivity contribution is 0.266. The molecule has 4 nitrogen and oxygen atoms in total. The Balaban J connectivity index is 2.23. The lowest BCUT2D eigenvalue weighted by Gasteiger charge is -2.23. The minimum absolute atomic E-state index is 0.527. The van der Waals surface area contributed by atoms with E-state index in [9.17, 15) is 0 Å². The molecule has 0 aliphatic carbocycles. The zero-order chi connectivity index (χ0) is 12.4. The first-order valence-electron chi connectivity index (χ1n) is 5.90. The number of rotatable bonds is 2. The van der Waals surface area contributed by atoms with Crippen LogP contribution in [0.5, 0.6) is 0 Å². The van der Waals surface area contributed by atoms with Gasteiger partial charge in [0.15, 0.2) is 5.69 Å². The average molecular weight is 230 g/mol. The Bertz CT molecular complexity index is 435. The summed E-state index contributed by atoms with van der Waals surface area (Å²) in [6.07, 6.45) is 1.67. The topological polar surface area (TPSA) is 43.2 Å². The number of aromatic nitrogens is 1. The van der Waals surface area contributed by atoms with Crippen LogP contribution in [0.4, 0.5) is 5.69 Å². The molecule has 1 aromatic heterocycles. The zero-order valence-electron chi connectivity index (χ0n) is 10.6. The molecule has 0 spiro atoms. The number of nitriles is 1. The Morgan fingerprint density at radius 3 is 2.82 bits per heavy atom. The molecule has 17 heavy (non-hydrogen) atoms. The fourth-order valence-electron chi connectivity index (χ4n) is 2.56. The number of likely N-dealkylation sites (N-methyl/N-ethyl adjacent to an activating group) is 1. The predicted molar refractivity (Wildman–Crippen MR) is 67.8 cm³/mol. The smallest absolute Gasteiger partial charge is 0.163 e. The van der Waals surface area contributed by atoms with E-state index < -0.39 is 0 Å². The molecule has 1 aliphatic heterocycles. The molecule has 1 aromatic rings. The lowest BCUT2D eigenvalue weighted by atomic mass is 10.1. The largest absolute Gasteiger partial charge is 0.367 e. The van der Waals surface area contributed by atoms with E-state index in [1.807, 2.05) is 12.1 Å². The highest BCUT2D eigenvalue weighted by Gasteiger charge is 2.32. The van der Waals surface area contributed by atoms with Crippen molar-refractivity contribution in [1.82, 2.24) is 9.88 Å². The van der Waals surface area contributed by atoms with Crippen molar-refractivity contribution >= 4 is 5.69 Å². The van der Waals surface area contributed by atoms with E-state index in [4.69, 9.17) is 5.26 Å². The first kappa shape index (κ1) is 11.9. The van der Waals surface area contributed by atoms with E-state index in [1.54, 1.807) is 6.20 Å². The van der Waals surface area contributed by atoms with E-state index in [1.165, 1.54) is 0 Å². The van der Waals surface area contributed by atoms with Crippen LogP contribution < -0.4 is 4.90 Å². The Kier molecular flexibility index (Phi) is 3.30. The van der Waals surface area contributed by atoms with Gasteiger partial charge in [-0.15, -0.1) is 0 Å². The van der Waals surface area contributed by atoms with Crippen LogP contribution in [0.2, 0.25) is 0 Å². The van der Waals surface area contributed by atoms with Crippen molar-refractivity contribution in [2.45, 2.75) is 13.0 Å². The second kappa shape index (κ2) is 4.72. The van der Waals surface area contributed by atoms with E-state index in [0.29, 0.717) is 17.7 Å². The molecule has 0 radical (unpaired) electrons. The number of hydrogen-bond donors (Lipinski definition) is 0. The van der Waals surface area contributed by atoms with Crippen LogP contribution in [0.1, 0.15) is 12.6 Å². The summed E-state index contributed by atoms with van der Waals surface area (Å²) in [5.41, 5.74) is 1.49. The third kappa shape index (κ3) is 2.25. The molecule has 0 saturated carbocycles. The van der Waals surface area contributed by atoms with Crippen LogP contribution >= 0.6 is 0 Å². The van der Waals surface area contributed by atoms with Gasteiger partial charge in [0, 0.05) is 25.3 Å². The maximum Gasteiger partial charge on any atom is 0.163 e. The number of anilines is 1. The predicted octanol–water partition coefficient (Wildman–Crippen LogP) is 1.34. The molecule has 1 saturated heterocycles.